The Kier molecular flexibility index (Phi) is 6.15. The molecule has 0 spiro atoms. The number of nitrogens with one attached hydrogen (secondary N) is 2. The maximum Gasteiger partial charge on any atom is 0.270 e. The smallest absolute Gasteiger partial charge is 0.270 e. The van der Waals surface area contributed by atoms with Gasteiger partial charge in [-0.2, -0.15) is 0 Å². The Morgan fingerprint density at radius 1 is 1.28 bits per heavy atom. The summed E-state index contributed by atoms with van der Waals surface area (Å²) < 4.78 is 5.29. The van der Waals surface area contributed by atoms with Gasteiger partial charge in [-0.3, -0.25) is 20.2 Å². The van der Waals surface area contributed by atoms with Gasteiger partial charge >= 0.3 is 0 Å². The molecule has 0 fully saturated rings. The van der Waals surface area contributed by atoms with Crippen molar-refractivity contribution in [2.75, 3.05) is 12.4 Å². The number of thiazole rings is 1. The van der Waals surface area contributed by atoms with E-state index in [-0.39, 0.29) is 10.8 Å². The van der Waals surface area contributed by atoms with E-state index >= 15 is 0 Å². The molecule has 1 aromatic heterocycles. The maximum atomic E-state index is 12.5. The highest BCUT2D eigenvalue weighted by Gasteiger charge is 2.16. The fourth-order valence-electron chi connectivity index (χ4n) is 2.64. The molecule has 10 heteroatoms. The third-order valence-corrected chi connectivity index (χ3v) is 4.93. The lowest BCUT2D eigenvalue weighted by atomic mass is 10.1. The van der Waals surface area contributed by atoms with Gasteiger partial charge in [0.1, 0.15) is 5.75 Å². The molecule has 1 amide bonds. The monoisotopic (exact) mass is 428 g/mol. The zero-order chi connectivity index (χ0) is 21.0. The van der Waals surface area contributed by atoms with Crippen LogP contribution in [0.25, 0.3) is 11.3 Å². The minimum Gasteiger partial charge on any atom is -0.496 e. The molecule has 148 valence electrons. The van der Waals surface area contributed by atoms with Crippen LogP contribution in [-0.4, -0.2) is 28.0 Å². The standard InChI is InChI=1S/C19H16N4O4S2/c1-11-5-3-8-14(16(11)27-2)17(24)21-18(28)22-19-20-15(10-29-19)12-6-4-7-13(9-12)23(25)26/h3-10H,1-2H3,(H2,20,21,22,24,28). The van der Waals surface area contributed by atoms with E-state index in [0.717, 1.165) is 5.56 Å². The average Bonchev–Trinajstić information content (AvgIpc) is 3.16. The fourth-order valence-corrected chi connectivity index (χ4v) is 3.62. The number of thiocarbonyl (C=S) groups is 1. The van der Waals surface area contributed by atoms with Crippen molar-refractivity contribution in [1.82, 2.24) is 10.3 Å². The third kappa shape index (κ3) is 4.73. The van der Waals surface area contributed by atoms with E-state index < -0.39 is 10.8 Å². The number of benzene rings is 2. The van der Waals surface area contributed by atoms with Gasteiger partial charge in [0.15, 0.2) is 10.2 Å². The maximum absolute atomic E-state index is 12.5. The summed E-state index contributed by atoms with van der Waals surface area (Å²) in [6, 6.07) is 11.4. The number of methoxy groups -OCH3 is 1. The highest BCUT2D eigenvalue weighted by Crippen LogP contribution is 2.27. The predicted octanol–water partition coefficient (Wildman–Crippen LogP) is 4.16. The minimum atomic E-state index is -0.459. The summed E-state index contributed by atoms with van der Waals surface area (Å²) >= 11 is 6.46. The summed E-state index contributed by atoms with van der Waals surface area (Å²) in [5, 5.41) is 18.7. The SMILES string of the molecule is COc1c(C)cccc1C(=O)NC(=S)Nc1nc(-c2cccc([N+](=O)[O-])c2)cs1. The molecule has 0 unspecified atom stereocenters. The van der Waals surface area contributed by atoms with E-state index in [2.05, 4.69) is 15.6 Å². The number of carbonyl (C=O) groups is 1. The van der Waals surface area contributed by atoms with E-state index in [1.807, 2.05) is 13.0 Å². The summed E-state index contributed by atoms with van der Waals surface area (Å²) in [7, 11) is 1.50. The van der Waals surface area contributed by atoms with Crippen LogP contribution in [0.3, 0.4) is 0 Å². The number of carbonyl (C=O) groups excluding carboxylic acids is 1. The molecule has 0 atom stereocenters. The molecule has 0 bridgehead atoms. The summed E-state index contributed by atoms with van der Waals surface area (Å²) in [6.07, 6.45) is 0. The van der Waals surface area contributed by atoms with E-state index in [9.17, 15) is 14.9 Å². The number of rotatable bonds is 5. The van der Waals surface area contributed by atoms with E-state index in [0.29, 0.717) is 27.7 Å². The van der Waals surface area contributed by atoms with Gasteiger partial charge in [0, 0.05) is 23.1 Å². The Morgan fingerprint density at radius 3 is 2.76 bits per heavy atom. The number of aromatic nitrogens is 1. The zero-order valence-electron chi connectivity index (χ0n) is 15.5. The Hall–Kier alpha value is -3.37. The van der Waals surface area contributed by atoms with Gasteiger partial charge in [-0.05, 0) is 30.8 Å². The first kappa shape index (κ1) is 20.4. The Labute approximate surface area is 175 Å². The van der Waals surface area contributed by atoms with Gasteiger partial charge in [-0.25, -0.2) is 4.98 Å². The predicted molar refractivity (Wildman–Crippen MR) is 116 cm³/mol. The molecule has 8 nitrogen and oxygen atoms in total. The van der Waals surface area contributed by atoms with Crippen molar-refractivity contribution >= 4 is 45.4 Å². The molecule has 29 heavy (non-hydrogen) atoms. The first-order chi connectivity index (χ1) is 13.9. The van der Waals surface area contributed by atoms with Crippen LogP contribution in [-0.2, 0) is 0 Å². The number of anilines is 1. The second kappa shape index (κ2) is 8.76. The van der Waals surface area contributed by atoms with Crippen LogP contribution in [0.5, 0.6) is 5.75 Å². The first-order valence-corrected chi connectivity index (χ1v) is 9.64. The van der Waals surface area contributed by atoms with Crippen LogP contribution in [0.4, 0.5) is 10.8 Å². The lowest BCUT2D eigenvalue weighted by Gasteiger charge is -2.12. The molecular weight excluding hydrogens is 412 g/mol. The number of nitro benzene ring substituents is 1. The number of nitrogens with zero attached hydrogens (tertiary/aromatic N) is 2. The fraction of sp³-hybridized carbons (Fsp3) is 0.105. The first-order valence-electron chi connectivity index (χ1n) is 8.35. The normalized spacial score (nSPS) is 10.3. The summed E-state index contributed by atoms with van der Waals surface area (Å²) in [5.74, 6) is 0.0773. The van der Waals surface area contributed by atoms with E-state index in [1.54, 1.807) is 29.6 Å². The zero-order valence-corrected chi connectivity index (χ0v) is 17.1. The lowest BCUT2D eigenvalue weighted by Crippen LogP contribution is -2.34. The quantitative estimate of drug-likeness (QED) is 0.357. The van der Waals surface area contributed by atoms with Crippen molar-refractivity contribution in [3.8, 4) is 17.0 Å². The van der Waals surface area contributed by atoms with Crippen molar-refractivity contribution in [3.05, 3.63) is 69.1 Å². The highest BCUT2D eigenvalue weighted by atomic mass is 32.1. The molecule has 0 aliphatic carbocycles. The van der Waals surface area contributed by atoms with Crippen LogP contribution >= 0.6 is 23.6 Å². The summed E-state index contributed by atoms with van der Waals surface area (Å²) in [5.41, 5.74) is 2.37. The van der Waals surface area contributed by atoms with Crippen LogP contribution in [0.15, 0.2) is 47.8 Å². The summed E-state index contributed by atoms with van der Waals surface area (Å²) in [6.45, 7) is 1.84. The molecule has 0 aliphatic rings. The molecule has 3 rings (SSSR count). The van der Waals surface area contributed by atoms with Gasteiger partial charge in [0.2, 0.25) is 0 Å². The van der Waals surface area contributed by atoms with Crippen molar-refractivity contribution in [1.29, 1.82) is 0 Å². The topological polar surface area (TPSA) is 106 Å². The highest BCUT2D eigenvalue weighted by molar-refractivity contribution is 7.80. The van der Waals surface area contributed by atoms with Gasteiger partial charge in [0.25, 0.3) is 11.6 Å². The molecule has 0 saturated carbocycles. The van der Waals surface area contributed by atoms with E-state index in [4.69, 9.17) is 17.0 Å². The number of non-ortho nitro benzene ring substituents is 1. The number of para-hydroxylation sites is 1. The van der Waals surface area contributed by atoms with Crippen LogP contribution in [0.1, 0.15) is 15.9 Å². The molecule has 1 heterocycles. The van der Waals surface area contributed by atoms with Gasteiger partial charge in [0.05, 0.1) is 23.3 Å². The summed E-state index contributed by atoms with van der Waals surface area (Å²) in [4.78, 5) is 27.3. The van der Waals surface area contributed by atoms with Crippen molar-refractivity contribution in [2.24, 2.45) is 0 Å². The number of aryl methyl sites for hydroxylation is 1. The number of amides is 1. The van der Waals surface area contributed by atoms with Gasteiger partial charge in [-0.1, -0.05) is 24.3 Å². The molecule has 0 radical (unpaired) electrons. The molecule has 0 aliphatic heterocycles. The van der Waals surface area contributed by atoms with Crippen molar-refractivity contribution in [2.45, 2.75) is 6.92 Å². The number of hydrogen-bond donors (Lipinski definition) is 2. The Balaban J connectivity index is 1.69. The molecule has 0 saturated heterocycles. The van der Waals surface area contributed by atoms with Crippen molar-refractivity contribution < 1.29 is 14.5 Å². The minimum absolute atomic E-state index is 0.0140. The number of hydrogen-bond acceptors (Lipinski definition) is 7. The van der Waals surface area contributed by atoms with E-state index in [1.165, 1.54) is 30.6 Å². The number of ether oxygens (including phenoxy) is 1. The van der Waals surface area contributed by atoms with Gasteiger partial charge < -0.3 is 10.1 Å². The number of nitro groups is 1. The van der Waals surface area contributed by atoms with Crippen LogP contribution < -0.4 is 15.4 Å². The molecule has 3 aromatic rings. The van der Waals surface area contributed by atoms with Gasteiger partial charge in [-0.15, -0.1) is 11.3 Å². The Morgan fingerprint density at radius 2 is 2.03 bits per heavy atom. The second-order valence-electron chi connectivity index (χ2n) is 5.91. The molecule has 2 N–H and O–H groups in total. The molecule has 2 aromatic carbocycles. The Bertz CT molecular complexity index is 1100. The second-order valence-corrected chi connectivity index (χ2v) is 7.18. The van der Waals surface area contributed by atoms with Crippen molar-refractivity contribution in [3.63, 3.8) is 0 Å². The van der Waals surface area contributed by atoms with Crippen LogP contribution in [0.2, 0.25) is 0 Å². The molecular formula is C19H16N4O4S2. The largest absolute Gasteiger partial charge is 0.496 e. The lowest BCUT2D eigenvalue weighted by molar-refractivity contribution is -0.384. The van der Waals surface area contributed by atoms with Crippen LogP contribution in [0, 0.1) is 17.0 Å². The average molecular weight is 428 g/mol. The third-order valence-electron chi connectivity index (χ3n) is 3.97.